The molecular weight excluding hydrogens is 264 g/mol. The van der Waals surface area contributed by atoms with Crippen LogP contribution in [0.3, 0.4) is 0 Å². The van der Waals surface area contributed by atoms with E-state index in [1.807, 2.05) is 0 Å². The average molecular weight is 278 g/mol. The number of carbonyl (C=O) groups is 2. The standard InChI is InChI=1S/C12H14N4O4/c1-7(2)15-10(17)6-8(12(15)18)14-11-9(16(19)20)4-3-5-13-11/h3-5,7-8H,6H2,1-2H3,(H,13,14). The van der Waals surface area contributed by atoms with Gasteiger partial charge in [0.25, 0.3) is 5.91 Å². The molecule has 1 saturated heterocycles. The Hall–Kier alpha value is -2.51. The molecule has 1 aromatic rings. The molecule has 106 valence electrons. The number of imide groups is 1. The molecule has 0 radical (unpaired) electrons. The molecule has 0 saturated carbocycles. The first-order chi connectivity index (χ1) is 9.41. The number of hydrogen-bond acceptors (Lipinski definition) is 6. The molecule has 8 nitrogen and oxygen atoms in total. The number of nitrogens with zero attached hydrogens (tertiary/aromatic N) is 3. The second-order valence-electron chi connectivity index (χ2n) is 4.73. The van der Waals surface area contributed by atoms with Crippen LogP contribution in [0.15, 0.2) is 18.3 Å². The zero-order valence-electron chi connectivity index (χ0n) is 11.1. The summed E-state index contributed by atoms with van der Waals surface area (Å²) in [5.74, 6) is -0.680. The van der Waals surface area contributed by atoms with E-state index in [2.05, 4.69) is 10.3 Å². The highest BCUT2D eigenvalue weighted by Crippen LogP contribution is 2.25. The van der Waals surface area contributed by atoms with Gasteiger partial charge in [-0.15, -0.1) is 0 Å². The van der Waals surface area contributed by atoms with Crippen molar-refractivity contribution in [3.05, 3.63) is 28.4 Å². The monoisotopic (exact) mass is 278 g/mol. The normalized spacial score (nSPS) is 18.8. The van der Waals surface area contributed by atoms with Crippen molar-refractivity contribution in [2.45, 2.75) is 32.4 Å². The SMILES string of the molecule is CC(C)N1C(=O)CC(Nc2ncccc2[N+](=O)[O-])C1=O. The predicted molar refractivity (Wildman–Crippen MR) is 69.9 cm³/mol. The maximum absolute atomic E-state index is 12.1. The molecule has 0 bridgehead atoms. The number of rotatable bonds is 4. The summed E-state index contributed by atoms with van der Waals surface area (Å²) in [5, 5.41) is 13.6. The summed E-state index contributed by atoms with van der Waals surface area (Å²) in [6.07, 6.45) is 1.36. The molecule has 8 heteroatoms. The number of carbonyl (C=O) groups excluding carboxylic acids is 2. The summed E-state index contributed by atoms with van der Waals surface area (Å²) >= 11 is 0. The third kappa shape index (κ3) is 2.44. The summed E-state index contributed by atoms with van der Waals surface area (Å²) in [5.41, 5.74) is -0.226. The van der Waals surface area contributed by atoms with Crippen molar-refractivity contribution in [2.24, 2.45) is 0 Å². The Bertz CT molecular complexity index is 572. The second kappa shape index (κ2) is 5.24. The van der Waals surface area contributed by atoms with Crippen LogP contribution in [0.4, 0.5) is 11.5 Å². The van der Waals surface area contributed by atoms with E-state index < -0.39 is 11.0 Å². The molecule has 1 aliphatic heterocycles. The summed E-state index contributed by atoms with van der Waals surface area (Å²) in [4.78, 5) is 39.2. The lowest BCUT2D eigenvalue weighted by molar-refractivity contribution is -0.384. The van der Waals surface area contributed by atoms with Crippen molar-refractivity contribution in [2.75, 3.05) is 5.32 Å². The van der Waals surface area contributed by atoms with Gasteiger partial charge in [0.1, 0.15) is 6.04 Å². The predicted octanol–water partition coefficient (Wildman–Crippen LogP) is 0.938. The van der Waals surface area contributed by atoms with Crippen LogP contribution < -0.4 is 5.32 Å². The minimum atomic E-state index is -0.807. The van der Waals surface area contributed by atoms with Gasteiger partial charge in [-0.05, 0) is 19.9 Å². The van der Waals surface area contributed by atoms with Crippen molar-refractivity contribution in [3.8, 4) is 0 Å². The van der Waals surface area contributed by atoms with E-state index in [4.69, 9.17) is 0 Å². The van der Waals surface area contributed by atoms with Gasteiger partial charge in [0.05, 0.1) is 11.3 Å². The molecule has 2 amide bonds. The molecule has 1 unspecified atom stereocenters. The number of pyridine rings is 1. The lowest BCUT2D eigenvalue weighted by Gasteiger charge is -2.19. The van der Waals surface area contributed by atoms with Gasteiger partial charge in [-0.25, -0.2) is 4.98 Å². The van der Waals surface area contributed by atoms with Crippen molar-refractivity contribution in [3.63, 3.8) is 0 Å². The minimum Gasteiger partial charge on any atom is -0.352 e. The first-order valence-electron chi connectivity index (χ1n) is 6.13. The third-order valence-electron chi connectivity index (χ3n) is 2.99. The van der Waals surface area contributed by atoms with Gasteiger partial charge in [-0.3, -0.25) is 24.6 Å². The summed E-state index contributed by atoms with van der Waals surface area (Å²) in [6, 6.07) is 1.68. The van der Waals surface area contributed by atoms with E-state index in [0.29, 0.717) is 0 Å². The zero-order chi connectivity index (χ0) is 14.9. The van der Waals surface area contributed by atoms with Crippen molar-refractivity contribution >= 4 is 23.3 Å². The molecule has 0 spiro atoms. The van der Waals surface area contributed by atoms with Gasteiger partial charge in [-0.1, -0.05) is 0 Å². The van der Waals surface area contributed by atoms with E-state index in [1.54, 1.807) is 13.8 Å². The average Bonchev–Trinajstić information content (AvgIpc) is 2.64. The largest absolute Gasteiger partial charge is 0.352 e. The topological polar surface area (TPSA) is 105 Å². The van der Waals surface area contributed by atoms with Crippen LogP contribution in [-0.2, 0) is 9.59 Å². The van der Waals surface area contributed by atoms with Crippen LogP contribution in [0, 0.1) is 10.1 Å². The Labute approximate surface area is 114 Å². The van der Waals surface area contributed by atoms with E-state index in [0.717, 1.165) is 4.90 Å². The van der Waals surface area contributed by atoms with Gasteiger partial charge in [0, 0.05) is 18.3 Å². The molecule has 20 heavy (non-hydrogen) atoms. The van der Waals surface area contributed by atoms with Crippen LogP contribution in [0.5, 0.6) is 0 Å². The number of nitro groups is 1. The van der Waals surface area contributed by atoms with Gasteiger partial charge in [0.2, 0.25) is 11.7 Å². The smallest absolute Gasteiger partial charge is 0.311 e. The summed E-state index contributed by atoms with van der Waals surface area (Å²) in [6.45, 7) is 3.47. The van der Waals surface area contributed by atoms with Crippen molar-refractivity contribution in [1.82, 2.24) is 9.88 Å². The first-order valence-corrected chi connectivity index (χ1v) is 6.13. The fraction of sp³-hybridized carbons (Fsp3) is 0.417. The van der Waals surface area contributed by atoms with Gasteiger partial charge < -0.3 is 5.32 Å². The molecule has 1 aromatic heterocycles. The number of aromatic nitrogens is 1. The molecule has 0 aliphatic carbocycles. The van der Waals surface area contributed by atoms with Crippen LogP contribution in [0.25, 0.3) is 0 Å². The lowest BCUT2D eigenvalue weighted by atomic mass is 10.2. The van der Waals surface area contributed by atoms with Gasteiger partial charge >= 0.3 is 5.69 Å². The maximum atomic E-state index is 12.1. The Morgan fingerprint density at radius 3 is 2.75 bits per heavy atom. The molecule has 1 fully saturated rings. The fourth-order valence-corrected chi connectivity index (χ4v) is 2.13. The summed E-state index contributed by atoms with van der Waals surface area (Å²) < 4.78 is 0. The Morgan fingerprint density at radius 2 is 2.20 bits per heavy atom. The van der Waals surface area contributed by atoms with Crippen LogP contribution >= 0.6 is 0 Å². The first kappa shape index (κ1) is 13.9. The molecule has 1 aliphatic rings. The van der Waals surface area contributed by atoms with E-state index in [9.17, 15) is 19.7 Å². The third-order valence-corrected chi connectivity index (χ3v) is 2.99. The minimum absolute atomic E-state index is 0.00532. The van der Waals surface area contributed by atoms with Gasteiger partial charge in [0.15, 0.2) is 0 Å². The fourth-order valence-electron chi connectivity index (χ4n) is 2.13. The number of likely N-dealkylation sites (tertiary alicyclic amines) is 1. The van der Waals surface area contributed by atoms with Crippen molar-refractivity contribution < 1.29 is 14.5 Å². The number of nitrogens with one attached hydrogen (secondary N) is 1. The Kier molecular flexibility index (Phi) is 3.64. The molecule has 1 N–H and O–H groups in total. The van der Waals surface area contributed by atoms with Crippen LogP contribution in [-0.4, -0.2) is 38.7 Å². The summed E-state index contributed by atoms with van der Waals surface area (Å²) in [7, 11) is 0. The Balaban J connectivity index is 2.22. The highest BCUT2D eigenvalue weighted by Gasteiger charge is 2.40. The highest BCUT2D eigenvalue weighted by molar-refractivity contribution is 6.07. The number of hydrogen-bond donors (Lipinski definition) is 1. The maximum Gasteiger partial charge on any atom is 0.311 e. The second-order valence-corrected chi connectivity index (χ2v) is 4.73. The van der Waals surface area contributed by atoms with Crippen LogP contribution in [0.1, 0.15) is 20.3 Å². The molecule has 2 rings (SSSR count). The number of anilines is 1. The van der Waals surface area contributed by atoms with E-state index in [1.165, 1.54) is 18.3 Å². The molecular formula is C12H14N4O4. The van der Waals surface area contributed by atoms with Crippen molar-refractivity contribution in [1.29, 1.82) is 0 Å². The molecule has 1 atom stereocenters. The number of amides is 2. The van der Waals surface area contributed by atoms with E-state index in [-0.39, 0.29) is 35.8 Å². The van der Waals surface area contributed by atoms with E-state index >= 15 is 0 Å². The quantitative estimate of drug-likeness (QED) is 0.499. The van der Waals surface area contributed by atoms with Crippen LogP contribution in [0.2, 0.25) is 0 Å². The zero-order valence-corrected chi connectivity index (χ0v) is 11.1. The molecule has 0 aromatic carbocycles. The Morgan fingerprint density at radius 1 is 1.50 bits per heavy atom. The van der Waals surface area contributed by atoms with Gasteiger partial charge in [-0.2, -0.15) is 0 Å². The lowest BCUT2D eigenvalue weighted by Crippen LogP contribution is -2.39. The highest BCUT2D eigenvalue weighted by atomic mass is 16.6. The molecule has 2 heterocycles.